The summed E-state index contributed by atoms with van der Waals surface area (Å²) in [5.74, 6) is 0. The number of fused-ring (bicyclic) bond motifs is 1. The van der Waals surface area contributed by atoms with Crippen LogP contribution in [0.15, 0.2) is 50.8 Å². The van der Waals surface area contributed by atoms with Gasteiger partial charge < -0.3 is 11.5 Å². The van der Waals surface area contributed by atoms with Crippen LogP contribution in [0.1, 0.15) is 0 Å². The van der Waals surface area contributed by atoms with E-state index >= 15 is 0 Å². The molecule has 0 bridgehead atoms. The van der Waals surface area contributed by atoms with Crippen molar-refractivity contribution in [3.63, 3.8) is 0 Å². The quantitative estimate of drug-likeness (QED) is 0.686. The Kier molecular flexibility index (Phi) is 2.56. The molecule has 0 aliphatic heterocycles. The van der Waals surface area contributed by atoms with E-state index in [0.29, 0.717) is 22.4 Å². The summed E-state index contributed by atoms with van der Waals surface area (Å²) in [5, 5.41) is 7.65. The van der Waals surface area contributed by atoms with Gasteiger partial charge in [0.1, 0.15) is 0 Å². The molecule has 0 amide bonds. The molecule has 1 aromatic heterocycles. The maximum atomic E-state index is 5.85. The Bertz CT molecular complexity index is 696. The standard InChI is InChI=1S/C12H10N4OS/c13-8-6-9(18-7-4-2-1-3-5-7)11-12(10(8)14)16-17-15-11/h1-6H,13-14H2. The van der Waals surface area contributed by atoms with Gasteiger partial charge in [-0.05, 0) is 28.5 Å². The van der Waals surface area contributed by atoms with Crippen LogP contribution in [0.3, 0.4) is 0 Å². The van der Waals surface area contributed by atoms with Crippen molar-refractivity contribution in [1.82, 2.24) is 10.3 Å². The van der Waals surface area contributed by atoms with Gasteiger partial charge in [-0.1, -0.05) is 30.0 Å². The Morgan fingerprint density at radius 1 is 1.00 bits per heavy atom. The van der Waals surface area contributed by atoms with Crippen LogP contribution in [0.4, 0.5) is 11.4 Å². The zero-order valence-corrected chi connectivity index (χ0v) is 10.1. The van der Waals surface area contributed by atoms with Crippen molar-refractivity contribution in [2.75, 3.05) is 11.5 Å². The molecule has 0 aliphatic carbocycles. The van der Waals surface area contributed by atoms with E-state index in [1.807, 2.05) is 30.3 Å². The zero-order chi connectivity index (χ0) is 12.5. The van der Waals surface area contributed by atoms with Crippen molar-refractivity contribution >= 4 is 34.2 Å². The minimum atomic E-state index is 0.406. The van der Waals surface area contributed by atoms with Gasteiger partial charge in [0, 0.05) is 9.79 Å². The third-order valence-electron chi connectivity index (χ3n) is 2.55. The summed E-state index contributed by atoms with van der Waals surface area (Å²) in [7, 11) is 0. The average Bonchev–Trinajstić information content (AvgIpc) is 2.86. The Hall–Kier alpha value is -2.21. The normalized spacial score (nSPS) is 10.9. The van der Waals surface area contributed by atoms with Crippen molar-refractivity contribution in [1.29, 1.82) is 0 Å². The molecule has 2 aromatic carbocycles. The summed E-state index contributed by atoms with van der Waals surface area (Å²) in [6, 6.07) is 11.7. The number of hydrogen-bond donors (Lipinski definition) is 2. The summed E-state index contributed by atoms with van der Waals surface area (Å²) in [6.07, 6.45) is 0. The topological polar surface area (TPSA) is 91.0 Å². The van der Waals surface area contributed by atoms with Crippen molar-refractivity contribution < 1.29 is 4.63 Å². The molecule has 0 saturated carbocycles. The fourth-order valence-corrected chi connectivity index (χ4v) is 2.61. The molecule has 18 heavy (non-hydrogen) atoms. The number of aromatic nitrogens is 2. The highest BCUT2D eigenvalue weighted by molar-refractivity contribution is 7.99. The number of rotatable bonds is 2. The number of nitrogen functional groups attached to an aromatic ring is 2. The van der Waals surface area contributed by atoms with E-state index in [1.54, 1.807) is 17.8 Å². The largest absolute Gasteiger partial charge is 0.397 e. The number of hydrogen-bond acceptors (Lipinski definition) is 6. The smallest absolute Gasteiger partial charge is 0.161 e. The Morgan fingerprint density at radius 2 is 1.72 bits per heavy atom. The van der Waals surface area contributed by atoms with Crippen LogP contribution in [0, 0.1) is 0 Å². The second-order valence-electron chi connectivity index (χ2n) is 3.75. The molecule has 0 spiro atoms. The fraction of sp³-hybridized carbons (Fsp3) is 0. The van der Waals surface area contributed by atoms with E-state index in [2.05, 4.69) is 10.3 Å². The van der Waals surface area contributed by atoms with E-state index in [0.717, 1.165) is 9.79 Å². The molecule has 90 valence electrons. The van der Waals surface area contributed by atoms with Crippen molar-refractivity contribution in [2.24, 2.45) is 0 Å². The van der Waals surface area contributed by atoms with Crippen molar-refractivity contribution in [3.8, 4) is 0 Å². The predicted molar refractivity (Wildman–Crippen MR) is 71.2 cm³/mol. The summed E-state index contributed by atoms with van der Waals surface area (Å²) in [5.41, 5.74) is 13.7. The maximum Gasteiger partial charge on any atom is 0.161 e. The minimum Gasteiger partial charge on any atom is -0.397 e. The second-order valence-corrected chi connectivity index (χ2v) is 4.87. The molecular weight excluding hydrogens is 248 g/mol. The molecule has 0 fully saturated rings. The fourth-order valence-electron chi connectivity index (χ4n) is 1.64. The van der Waals surface area contributed by atoms with Crippen LogP contribution >= 0.6 is 11.8 Å². The monoisotopic (exact) mass is 258 g/mol. The zero-order valence-electron chi connectivity index (χ0n) is 9.33. The van der Waals surface area contributed by atoms with Crippen LogP contribution < -0.4 is 11.5 Å². The summed E-state index contributed by atoms with van der Waals surface area (Å²) >= 11 is 1.55. The lowest BCUT2D eigenvalue weighted by atomic mass is 10.2. The Morgan fingerprint density at radius 3 is 2.50 bits per heavy atom. The Labute approximate surface area is 107 Å². The first-order chi connectivity index (χ1) is 8.75. The molecule has 0 saturated heterocycles. The van der Waals surface area contributed by atoms with E-state index < -0.39 is 0 Å². The van der Waals surface area contributed by atoms with Gasteiger partial charge in [-0.3, -0.25) is 0 Å². The maximum absolute atomic E-state index is 5.85. The number of nitrogens with zero attached hydrogens (tertiary/aromatic N) is 2. The predicted octanol–water partition coefficient (Wildman–Crippen LogP) is 2.54. The summed E-state index contributed by atoms with van der Waals surface area (Å²) in [6.45, 7) is 0. The lowest BCUT2D eigenvalue weighted by Gasteiger charge is -2.05. The average molecular weight is 258 g/mol. The molecule has 3 rings (SSSR count). The lowest BCUT2D eigenvalue weighted by molar-refractivity contribution is 0.315. The first kappa shape index (κ1) is 10.9. The first-order valence-corrected chi connectivity index (χ1v) is 6.10. The van der Waals surface area contributed by atoms with Crippen LogP contribution in [-0.2, 0) is 0 Å². The van der Waals surface area contributed by atoms with Gasteiger partial charge in [0.05, 0.1) is 11.4 Å². The molecule has 0 aliphatic rings. The van der Waals surface area contributed by atoms with Crippen molar-refractivity contribution in [2.45, 2.75) is 9.79 Å². The van der Waals surface area contributed by atoms with Gasteiger partial charge in [0.15, 0.2) is 11.0 Å². The van der Waals surface area contributed by atoms with E-state index in [4.69, 9.17) is 16.1 Å². The summed E-state index contributed by atoms with van der Waals surface area (Å²) < 4.78 is 4.73. The van der Waals surface area contributed by atoms with E-state index in [1.165, 1.54) is 0 Å². The molecule has 5 nitrogen and oxygen atoms in total. The highest BCUT2D eigenvalue weighted by Crippen LogP contribution is 2.37. The molecule has 0 radical (unpaired) electrons. The van der Waals surface area contributed by atoms with Gasteiger partial charge in [-0.2, -0.15) is 0 Å². The van der Waals surface area contributed by atoms with E-state index in [9.17, 15) is 0 Å². The third-order valence-corrected chi connectivity index (χ3v) is 3.58. The Balaban J connectivity index is 2.12. The number of benzene rings is 2. The molecular formula is C12H10N4OS. The highest BCUT2D eigenvalue weighted by Gasteiger charge is 2.14. The molecule has 4 N–H and O–H groups in total. The van der Waals surface area contributed by atoms with Gasteiger partial charge in [0.2, 0.25) is 0 Å². The number of anilines is 2. The molecule has 6 heteroatoms. The third kappa shape index (κ3) is 1.76. The van der Waals surface area contributed by atoms with Gasteiger partial charge >= 0.3 is 0 Å². The molecule has 0 atom stereocenters. The SMILES string of the molecule is Nc1cc(Sc2ccccc2)c2nonc2c1N. The highest BCUT2D eigenvalue weighted by atomic mass is 32.2. The van der Waals surface area contributed by atoms with Gasteiger partial charge in [0.25, 0.3) is 0 Å². The minimum absolute atomic E-state index is 0.406. The molecule has 0 unspecified atom stereocenters. The lowest BCUT2D eigenvalue weighted by Crippen LogP contribution is -1.96. The second kappa shape index (κ2) is 4.23. The molecule has 3 aromatic rings. The van der Waals surface area contributed by atoms with Crippen LogP contribution in [0.5, 0.6) is 0 Å². The molecule has 1 heterocycles. The van der Waals surface area contributed by atoms with Crippen molar-refractivity contribution in [3.05, 3.63) is 36.4 Å². The van der Waals surface area contributed by atoms with Gasteiger partial charge in [-0.15, -0.1) is 0 Å². The number of nitrogens with two attached hydrogens (primary N) is 2. The van der Waals surface area contributed by atoms with Crippen LogP contribution in [0.25, 0.3) is 11.0 Å². The summed E-state index contributed by atoms with van der Waals surface area (Å²) in [4.78, 5) is 1.97. The van der Waals surface area contributed by atoms with Gasteiger partial charge in [-0.25, -0.2) is 4.63 Å². The van der Waals surface area contributed by atoms with Crippen LogP contribution in [-0.4, -0.2) is 10.3 Å². The van der Waals surface area contributed by atoms with E-state index in [-0.39, 0.29) is 0 Å². The van der Waals surface area contributed by atoms with Crippen LogP contribution in [0.2, 0.25) is 0 Å². The first-order valence-electron chi connectivity index (χ1n) is 5.29.